The lowest BCUT2D eigenvalue weighted by Gasteiger charge is -2.13. The Hall–Kier alpha value is -1.78. The summed E-state index contributed by atoms with van der Waals surface area (Å²) in [6.45, 7) is 4.29. The first-order valence-corrected chi connectivity index (χ1v) is 6.23. The molecule has 1 unspecified atom stereocenters. The van der Waals surface area contributed by atoms with Crippen LogP contribution in [0.4, 0.5) is 0 Å². The monoisotopic (exact) mass is 252 g/mol. The molecule has 100 valence electrons. The number of carbonyl (C=O) groups excluding carboxylic acids is 2. The van der Waals surface area contributed by atoms with Crippen LogP contribution < -0.4 is 10.6 Å². The summed E-state index contributed by atoms with van der Waals surface area (Å²) in [4.78, 5) is 23.1. The highest BCUT2D eigenvalue weighted by Gasteiger charge is 2.14. The number of carbonyl (C=O) groups is 2. The number of aryl methyl sites for hydroxylation is 1. The molecular weight excluding hydrogens is 232 g/mol. The quantitative estimate of drug-likeness (QED) is 0.767. The summed E-state index contributed by atoms with van der Waals surface area (Å²) < 4.78 is 5.13. The van der Waals surface area contributed by atoms with Crippen molar-refractivity contribution in [1.29, 1.82) is 0 Å². The van der Waals surface area contributed by atoms with E-state index in [1.54, 1.807) is 19.3 Å². The Bertz CT molecular complexity index is 374. The first kappa shape index (κ1) is 14.3. The van der Waals surface area contributed by atoms with E-state index in [0.29, 0.717) is 19.4 Å². The highest BCUT2D eigenvalue weighted by molar-refractivity contribution is 5.87. The zero-order chi connectivity index (χ0) is 13.4. The molecule has 1 aromatic heterocycles. The molecule has 0 aliphatic heterocycles. The van der Waals surface area contributed by atoms with E-state index in [1.165, 1.54) is 0 Å². The van der Waals surface area contributed by atoms with Crippen molar-refractivity contribution < 1.29 is 14.0 Å². The van der Waals surface area contributed by atoms with Gasteiger partial charge in [0.05, 0.1) is 6.26 Å². The molecule has 2 amide bonds. The SMILES string of the molecule is CCCNC(=O)C(C)NC(=O)CCc1ccco1. The Morgan fingerprint density at radius 3 is 2.83 bits per heavy atom. The molecule has 1 rings (SSSR count). The second kappa shape index (κ2) is 7.53. The maximum absolute atomic E-state index is 11.6. The summed E-state index contributed by atoms with van der Waals surface area (Å²) in [6, 6.07) is 3.11. The van der Waals surface area contributed by atoms with Gasteiger partial charge in [-0.3, -0.25) is 9.59 Å². The van der Waals surface area contributed by atoms with Crippen LogP contribution in [0.3, 0.4) is 0 Å². The van der Waals surface area contributed by atoms with Gasteiger partial charge in [-0.05, 0) is 25.5 Å². The van der Waals surface area contributed by atoms with E-state index in [9.17, 15) is 9.59 Å². The van der Waals surface area contributed by atoms with Crippen molar-refractivity contribution in [3.8, 4) is 0 Å². The lowest BCUT2D eigenvalue weighted by atomic mass is 10.2. The fourth-order valence-corrected chi connectivity index (χ4v) is 1.47. The normalized spacial score (nSPS) is 11.9. The summed E-state index contributed by atoms with van der Waals surface area (Å²) in [5.74, 6) is 0.474. The molecule has 0 aliphatic rings. The Labute approximate surface area is 107 Å². The zero-order valence-corrected chi connectivity index (χ0v) is 10.9. The van der Waals surface area contributed by atoms with Crippen LogP contribution in [0.2, 0.25) is 0 Å². The number of nitrogens with one attached hydrogen (secondary N) is 2. The highest BCUT2D eigenvalue weighted by atomic mass is 16.3. The molecule has 0 radical (unpaired) electrons. The predicted molar refractivity (Wildman–Crippen MR) is 67.9 cm³/mol. The Morgan fingerprint density at radius 1 is 1.44 bits per heavy atom. The van der Waals surface area contributed by atoms with E-state index in [4.69, 9.17) is 4.42 Å². The third-order valence-electron chi connectivity index (χ3n) is 2.50. The van der Waals surface area contributed by atoms with E-state index in [0.717, 1.165) is 12.2 Å². The van der Waals surface area contributed by atoms with Gasteiger partial charge in [0.25, 0.3) is 0 Å². The minimum atomic E-state index is -0.499. The van der Waals surface area contributed by atoms with Gasteiger partial charge in [-0.1, -0.05) is 6.92 Å². The third kappa shape index (κ3) is 5.03. The second-order valence-electron chi connectivity index (χ2n) is 4.16. The Kier molecular flexibility index (Phi) is 5.97. The molecule has 0 bridgehead atoms. The van der Waals surface area contributed by atoms with Gasteiger partial charge in [0.15, 0.2) is 0 Å². The molecule has 5 nitrogen and oxygen atoms in total. The fourth-order valence-electron chi connectivity index (χ4n) is 1.47. The van der Waals surface area contributed by atoms with Crippen molar-refractivity contribution in [2.24, 2.45) is 0 Å². The number of hydrogen-bond donors (Lipinski definition) is 2. The van der Waals surface area contributed by atoms with Crippen LogP contribution in [0.5, 0.6) is 0 Å². The number of hydrogen-bond acceptors (Lipinski definition) is 3. The summed E-state index contributed by atoms with van der Waals surface area (Å²) in [7, 11) is 0. The zero-order valence-electron chi connectivity index (χ0n) is 10.9. The minimum Gasteiger partial charge on any atom is -0.469 e. The standard InChI is InChI=1S/C13H20N2O3/c1-3-8-14-13(17)10(2)15-12(16)7-6-11-5-4-9-18-11/h4-5,9-10H,3,6-8H2,1-2H3,(H,14,17)(H,15,16). The van der Waals surface area contributed by atoms with Crippen LogP contribution in [0, 0.1) is 0 Å². The molecule has 0 aliphatic carbocycles. The van der Waals surface area contributed by atoms with Gasteiger partial charge in [-0.25, -0.2) is 0 Å². The fraction of sp³-hybridized carbons (Fsp3) is 0.538. The van der Waals surface area contributed by atoms with Gasteiger partial charge in [0.1, 0.15) is 11.8 Å². The average Bonchev–Trinajstić information content (AvgIpc) is 2.86. The molecule has 0 fully saturated rings. The van der Waals surface area contributed by atoms with Crippen molar-refractivity contribution in [3.05, 3.63) is 24.2 Å². The molecule has 18 heavy (non-hydrogen) atoms. The van der Waals surface area contributed by atoms with E-state index in [2.05, 4.69) is 10.6 Å². The van der Waals surface area contributed by atoms with Crippen LogP contribution in [0.25, 0.3) is 0 Å². The van der Waals surface area contributed by atoms with Gasteiger partial charge in [0.2, 0.25) is 11.8 Å². The molecule has 0 saturated carbocycles. The first-order chi connectivity index (χ1) is 8.63. The van der Waals surface area contributed by atoms with Gasteiger partial charge in [0, 0.05) is 19.4 Å². The smallest absolute Gasteiger partial charge is 0.242 e. The Balaban J connectivity index is 2.24. The number of amides is 2. The van der Waals surface area contributed by atoms with E-state index >= 15 is 0 Å². The molecule has 1 aromatic rings. The molecular formula is C13H20N2O3. The average molecular weight is 252 g/mol. The molecule has 1 heterocycles. The van der Waals surface area contributed by atoms with Crippen molar-refractivity contribution in [2.75, 3.05) is 6.54 Å². The summed E-state index contributed by atoms with van der Waals surface area (Å²) in [5, 5.41) is 5.39. The molecule has 0 aromatic carbocycles. The van der Waals surface area contributed by atoms with E-state index in [1.807, 2.05) is 13.0 Å². The largest absolute Gasteiger partial charge is 0.469 e. The van der Waals surface area contributed by atoms with Crippen LogP contribution in [-0.4, -0.2) is 24.4 Å². The lowest BCUT2D eigenvalue weighted by molar-refractivity contribution is -0.128. The number of furan rings is 1. The predicted octanol–water partition coefficient (Wildman–Crippen LogP) is 1.24. The van der Waals surface area contributed by atoms with Crippen molar-refractivity contribution in [2.45, 2.75) is 39.2 Å². The second-order valence-corrected chi connectivity index (χ2v) is 4.16. The van der Waals surface area contributed by atoms with Crippen molar-refractivity contribution in [3.63, 3.8) is 0 Å². The van der Waals surface area contributed by atoms with Crippen LogP contribution in [0.1, 0.15) is 32.4 Å². The molecule has 2 N–H and O–H groups in total. The maximum Gasteiger partial charge on any atom is 0.242 e. The van der Waals surface area contributed by atoms with Gasteiger partial charge >= 0.3 is 0 Å². The third-order valence-corrected chi connectivity index (χ3v) is 2.50. The topological polar surface area (TPSA) is 71.3 Å². The summed E-state index contributed by atoms with van der Waals surface area (Å²) in [5.41, 5.74) is 0. The van der Waals surface area contributed by atoms with E-state index in [-0.39, 0.29) is 11.8 Å². The maximum atomic E-state index is 11.6. The van der Waals surface area contributed by atoms with Crippen molar-refractivity contribution >= 4 is 11.8 Å². The van der Waals surface area contributed by atoms with Gasteiger partial charge < -0.3 is 15.1 Å². The summed E-state index contributed by atoms with van der Waals surface area (Å²) >= 11 is 0. The van der Waals surface area contributed by atoms with Crippen molar-refractivity contribution in [1.82, 2.24) is 10.6 Å². The first-order valence-electron chi connectivity index (χ1n) is 6.23. The highest BCUT2D eigenvalue weighted by Crippen LogP contribution is 2.03. The van der Waals surface area contributed by atoms with Gasteiger partial charge in [-0.2, -0.15) is 0 Å². The molecule has 5 heteroatoms. The van der Waals surface area contributed by atoms with Crippen LogP contribution >= 0.6 is 0 Å². The molecule has 1 atom stereocenters. The van der Waals surface area contributed by atoms with Gasteiger partial charge in [-0.15, -0.1) is 0 Å². The number of rotatable bonds is 7. The van der Waals surface area contributed by atoms with Crippen LogP contribution in [0.15, 0.2) is 22.8 Å². The molecule has 0 spiro atoms. The lowest BCUT2D eigenvalue weighted by Crippen LogP contribution is -2.45. The molecule has 0 saturated heterocycles. The summed E-state index contributed by atoms with van der Waals surface area (Å²) in [6.07, 6.45) is 3.32. The van der Waals surface area contributed by atoms with E-state index < -0.39 is 6.04 Å². The Morgan fingerprint density at radius 2 is 2.22 bits per heavy atom. The minimum absolute atomic E-state index is 0.148. The van der Waals surface area contributed by atoms with Crippen LogP contribution in [-0.2, 0) is 16.0 Å².